The van der Waals surface area contributed by atoms with Crippen LogP contribution in [-0.4, -0.2) is 32.8 Å². The molecule has 1 aromatic rings. The van der Waals surface area contributed by atoms with Crippen LogP contribution in [-0.2, 0) is 21.4 Å². The first-order valence-electron chi connectivity index (χ1n) is 6.60. The first-order chi connectivity index (χ1) is 9.27. The summed E-state index contributed by atoms with van der Waals surface area (Å²) in [4.78, 5) is 0.214. The summed E-state index contributed by atoms with van der Waals surface area (Å²) in [7, 11) is -3.59. The SMILES string of the molecule is Cc1cc(CO)cc(S(=O)(=O)NCCOC(C)C)c1C. The van der Waals surface area contributed by atoms with Crippen molar-refractivity contribution < 1.29 is 18.3 Å². The highest BCUT2D eigenvalue weighted by atomic mass is 32.2. The fourth-order valence-electron chi connectivity index (χ4n) is 1.82. The van der Waals surface area contributed by atoms with E-state index in [9.17, 15) is 13.5 Å². The summed E-state index contributed by atoms with van der Waals surface area (Å²) in [5.74, 6) is 0. The van der Waals surface area contributed by atoms with E-state index in [2.05, 4.69) is 4.72 Å². The van der Waals surface area contributed by atoms with Gasteiger partial charge in [0, 0.05) is 6.54 Å². The average molecular weight is 301 g/mol. The van der Waals surface area contributed by atoms with Crippen molar-refractivity contribution in [3.63, 3.8) is 0 Å². The number of hydrogen-bond donors (Lipinski definition) is 2. The quantitative estimate of drug-likeness (QED) is 0.748. The smallest absolute Gasteiger partial charge is 0.240 e. The molecule has 0 bridgehead atoms. The molecule has 0 heterocycles. The van der Waals surface area contributed by atoms with Crippen molar-refractivity contribution in [3.8, 4) is 0 Å². The third-order valence-electron chi connectivity index (χ3n) is 3.00. The van der Waals surface area contributed by atoms with E-state index in [-0.39, 0.29) is 24.2 Å². The molecule has 20 heavy (non-hydrogen) atoms. The molecule has 0 unspecified atom stereocenters. The van der Waals surface area contributed by atoms with Crippen LogP contribution in [0.25, 0.3) is 0 Å². The van der Waals surface area contributed by atoms with Crippen molar-refractivity contribution in [2.75, 3.05) is 13.2 Å². The first kappa shape index (κ1) is 17.1. The summed E-state index contributed by atoms with van der Waals surface area (Å²) >= 11 is 0. The normalized spacial score (nSPS) is 12.1. The number of aryl methyl sites for hydroxylation is 1. The van der Waals surface area contributed by atoms with Gasteiger partial charge < -0.3 is 9.84 Å². The maximum atomic E-state index is 12.3. The van der Waals surface area contributed by atoms with Gasteiger partial charge in [-0.3, -0.25) is 0 Å². The molecular formula is C14H23NO4S. The zero-order chi connectivity index (χ0) is 15.3. The van der Waals surface area contributed by atoms with Crippen LogP contribution < -0.4 is 4.72 Å². The second-order valence-corrected chi connectivity index (χ2v) is 6.75. The molecule has 1 aromatic carbocycles. The number of ether oxygens (including phenoxy) is 1. The predicted octanol–water partition coefficient (Wildman–Crippen LogP) is 1.50. The lowest BCUT2D eigenvalue weighted by Crippen LogP contribution is -2.29. The molecule has 0 fully saturated rings. The highest BCUT2D eigenvalue weighted by Crippen LogP contribution is 2.21. The molecule has 0 amide bonds. The number of rotatable bonds is 7. The van der Waals surface area contributed by atoms with Crippen LogP contribution in [0.3, 0.4) is 0 Å². The first-order valence-corrected chi connectivity index (χ1v) is 8.08. The average Bonchev–Trinajstić information content (AvgIpc) is 2.37. The van der Waals surface area contributed by atoms with Crippen LogP contribution in [0.2, 0.25) is 0 Å². The van der Waals surface area contributed by atoms with E-state index in [1.807, 2.05) is 20.8 Å². The van der Waals surface area contributed by atoms with Crippen LogP contribution in [0.1, 0.15) is 30.5 Å². The van der Waals surface area contributed by atoms with Gasteiger partial charge in [0.05, 0.1) is 24.2 Å². The van der Waals surface area contributed by atoms with Crippen LogP contribution in [0.4, 0.5) is 0 Å². The molecule has 114 valence electrons. The Kier molecular flexibility index (Phi) is 6.13. The Morgan fingerprint density at radius 2 is 1.95 bits per heavy atom. The van der Waals surface area contributed by atoms with E-state index in [1.54, 1.807) is 13.0 Å². The predicted molar refractivity (Wildman–Crippen MR) is 78.1 cm³/mol. The highest BCUT2D eigenvalue weighted by Gasteiger charge is 2.18. The molecule has 0 atom stereocenters. The summed E-state index contributed by atoms with van der Waals surface area (Å²) in [6.07, 6.45) is 0.0706. The van der Waals surface area contributed by atoms with Crippen molar-refractivity contribution in [1.82, 2.24) is 4.72 Å². The van der Waals surface area contributed by atoms with Gasteiger partial charge in [0.15, 0.2) is 0 Å². The monoisotopic (exact) mass is 301 g/mol. The second kappa shape index (κ2) is 7.17. The van der Waals surface area contributed by atoms with E-state index in [0.717, 1.165) is 5.56 Å². The van der Waals surface area contributed by atoms with E-state index in [1.165, 1.54) is 6.07 Å². The zero-order valence-electron chi connectivity index (χ0n) is 12.4. The van der Waals surface area contributed by atoms with Gasteiger partial charge in [-0.25, -0.2) is 13.1 Å². The number of nitrogens with one attached hydrogen (secondary N) is 1. The van der Waals surface area contributed by atoms with Crippen LogP contribution in [0.15, 0.2) is 17.0 Å². The third-order valence-corrected chi connectivity index (χ3v) is 4.58. The van der Waals surface area contributed by atoms with Crippen molar-refractivity contribution in [2.24, 2.45) is 0 Å². The Bertz CT molecular complexity index is 553. The van der Waals surface area contributed by atoms with Crippen molar-refractivity contribution in [2.45, 2.75) is 45.3 Å². The molecule has 0 saturated carbocycles. The van der Waals surface area contributed by atoms with Gasteiger partial charge in [-0.05, 0) is 50.5 Å². The second-order valence-electron chi connectivity index (χ2n) is 5.01. The molecule has 0 spiro atoms. The molecule has 5 nitrogen and oxygen atoms in total. The van der Waals surface area contributed by atoms with Gasteiger partial charge in [0.1, 0.15) is 0 Å². The van der Waals surface area contributed by atoms with E-state index in [4.69, 9.17) is 4.74 Å². The largest absolute Gasteiger partial charge is 0.392 e. The molecule has 1 rings (SSSR count). The lowest BCUT2D eigenvalue weighted by atomic mass is 10.1. The fraction of sp³-hybridized carbons (Fsp3) is 0.571. The molecule has 6 heteroatoms. The molecule has 0 radical (unpaired) electrons. The number of sulfonamides is 1. The maximum absolute atomic E-state index is 12.3. The minimum absolute atomic E-state index is 0.0706. The van der Waals surface area contributed by atoms with Crippen molar-refractivity contribution >= 4 is 10.0 Å². The van der Waals surface area contributed by atoms with Crippen molar-refractivity contribution in [1.29, 1.82) is 0 Å². The molecule has 0 aliphatic carbocycles. The number of aliphatic hydroxyl groups is 1. The molecule has 0 aliphatic rings. The molecule has 0 aromatic heterocycles. The summed E-state index contributed by atoms with van der Waals surface area (Å²) in [6, 6.07) is 3.30. The number of hydrogen-bond acceptors (Lipinski definition) is 4. The Hall–Kier alpha value is -0.950. The van der Waals surface area contributed by atoms with E-state index < -0.39 is 10.0 Å². The Balaban J connectivity index is 2.89. The van der Waals surface area contributed by atoms with Gasteiger partial charge in [0.25, 0.3) is 0 Å². The molecule has 0 saturated heterocycles. The number of benzene rings is 1. The van der Waals surface area contributed by atoms with Crippen LogP contribution in [0, 0.1) is 13.8 Å². The summed E-state index contributed by atoms with van der Waals surface area (Å²) in [5, 5.41) is 9.18. The number of aliphatic hydroxyl groups excluding tert-OH is 1. The summed E-state index contributed by atoms with van der Waals surface area (Å²) in [6.45, 7) is 7.75. The van der Waals surface area contributed by atoms with Crippen molar-refractivity contribution in [3.05, 3.63) is 28.8 Å². The summed E-state index contributed by atoms with van der Waals surface area (Å²) < 4.78 is 32.4. The van der Waals surface area contributed by atoms with Gasteiger partial charge in [0.2, 0.25) is 10.0 Å². The van der Waals surface area contributed by atoms with Crippen LogP contribution in [0.5, 0.6) is 0 Å². The van der Waals surface area contributed by atoms with Gasteiger partial charge in [-0.1, -0.05) is 6.07 Å². The highest BCUT2D eigenvalue weighted by molar-refractivity contribution is 7.89. The zero-order valence-corrected chi connectivity index (χ0v) is 13.3. The van der Waals surface area contributed by atoms with E-state index in [0.29, 0.717) is 17.7 Å². The summed E-state index contributed by atoms with van der Waals surface area (Å²) in [5.41, 5.74) is 2.13. The Morgan fingerprint density at radius 3 is 2.50 bits per heavy atom. The maximum Gasteiger partial charge on any atom is 0.240 e. The Morgan fingerprint density at radius 1 is 1.30 bits per heavy atom. The minimum atomic E-state index is -3.59. The lowest BCUT2D eigenvalue weighted by molar-refractivity contribution is 0.0834. The standard InChI is InChI=1S/C14H23NO4S/c1-10(2)19-6-5-15-20(17,18)14-8-13(9-16)7-11(3)12(14)4/h7-8,10,15-16H,5-6,9H2,1-4H3. The molecule has 2 N–H and O–H groups in total. The van der Waals surface area contributed by atoms with Gasteiger partial charge >= 0.3 is 0 Å². The Labute approximate surface area is 121 Å². The molecule has 0 aliphatic heterocycles. The van der Waals surface area contributed by atoms with Gasteiger partial charge in [-0.15, -0.1) is 0 Å². The minimum Gasteiger partial charge on any atom is -0.392 e. The fourth-order valence-corrected chi connectivity index (χ4v) is 3.20. The van der Waals surface area contributed by atoms with E-state index >= 15 is 0 Å². The topological polar surface area (TPSA) is 75.6 Å². The van der Waals surface area contributed by atoms with Crippen LogP contribution >= 0.6 is 0 Å². The lowest BCUT2D eigenvalue weighted by Gasteiger charge is -2.13. The molecular weight excluding hydrogens is 278 g/mol. The third kappa shape index (κ3) is 4.56. The van der Waals surface area contributed by atoms with Gasteiger partial charge in [-0.2, -0.15) is 0 Å².